The average Bonchev–Trinajstić information content (AvgIpc) is 2.49. The molecular weight excluding hydrogens is 280 g/mol. The molecule has 0 saturated carbocycles. The number of nitrogens with one attached hydrogen (secondary N) is 2. The molecule has 0 heterocycles. The van der Waals surface area contributed by atoms with Crippen molar-refractivity contribution in [1.29, 1.82) is 0 Å². The molecule has 0 radical (unpaired) electrons. The lowest BCUT2D eigenvalue weighted by Gasteiger charge is -2.10. The quantitative estimate of drug-likeness (QED) is 0.646. The van der Waals surface area contributed by atoms with Crippen LogP contribution < -0.4 is 10.6 Å². The summed E-state index contributed by atoms with van der Waals surface area (Å²) in [5.41, 5.74) is 2.20. The first-order valence-corrected chi connectivity index (χ1v) is 6.97. The Kier molecular flexibility index (Phi) is 5.23. The first kappa shape index (κ1) is 14.9. The largest absolute Gasteiger partial charge is 0.361 e. The van der Waals surface area contributed by atoms with Crippen molar-refractivity contribution in [2.45, 2.75) is 6.92 Å². The number of carbonyl (C=O) groups excluding carboxylic acids is 1. The molecule has 4 heteroatoms. The molecular formula is C17H16N2OS. The summed E-state index contributed by atoms with van der Waals surface area (Å²) >= 11 is 5.31. The molecule has 21 heavy (non-hydrogen) atoms. The summed E-state index contributed by atoms with van der Waals surface area (Å²) in [6.07, 6.45) is 1.63. The minimum atomic E-state index is -0.0909. The van der Waals surface area contributed by atoms with Gasteiger partial charge in [-0.1, -0.05) is 48.6 Å². The molecule has 0 aromatic heterocycles. The first-order valence-electron chi connectivity index (χ1n) is 6.56. The van der Waals surface area contributed by atoms with E-state index in [0.29, 0.717) is 10.6 Å². The van der Waals surface area contributed by atoms with Gasteiger partial charge < -0.3 is 10.6 Å². The van der Waals surface area contributed by atoms with Crippen LogP contribution in [0.3, 0.4) is 0 Å². The van der Waals surface area contributed by atoms with E-state index in [1.807, 2.05) is 60.7 Å². The summed E-state index contributed by atoms with van der Waals surface area (Å²) in [6, 6.07) is 19.1. The number of hydrogen-bond acceptors (Lipinski definition) is 3. The fourth-order valence-corrected chi connectivity index (χ4v) is 2.06. The fraction of sp³-hybridized carbons (Fsp3) is 0.0588. The molecule has 2 N–H and O–H groups in total. The third kappa shape index (κ3) is 4.54. The van der Waals surface area contributed by atoms with E-state index in [4.69, 9.17) is 12.2 Å². The molecule has 0 spiro atoms. The minimum Gasteiger partial charge on any atom is -0.361 e. The van der Waals surface area contributed by atoms with E-state index in [-0.39, 0.29) is 5.78 Å². The SMILES string of the molecule is CC(=O)C(=CNc1ccccc1)C(=S)Nc1ccccc1. The van der Waals surface area contributed by atoms with Crippen molar-refractivity contribution in [3.8, 4) is 0 Å². The molecule has 2 aromatic carbocycles. The number of rotatable bonds is 5. The van der Waals surface area contributed by atoms with Crippen LogP contribution in [0.25, 0.3) is 0 Å². The van der Waals surface area contributed by atoms with Crippen LogP contribution in [0.1, 0.15) is 6.92 Å². The van der Waals surface area contributed by atoms with E-state index in [2.05, 4.69) is 10.6 Å². The Morgan fingerprint density at radius 1 is 0.952 bits per heavy atom. The van der Waals surface area contributed by atoms with E-state index in [0.717, 1.165) is 11.4 Å². The standard InChI is InChI=1S/C17H16N2OS/c1-13(20)16(12-18-14-8-4-2-5-9-14)17(21)19-15-10-6-3-7-11-15/h2-12,18H,1H3,(H,19,21). The average molecular weight is 296 g/mol. The maximum Gasteiger partial charge on any atom is 0.164 e. The summed E-state index contributed by atoms with van der Waals surface area (Å²) in [6.45, 7) is 1.50. The van der Waals surface area contributed by atoms with Gasteiger partial charge in [-0.3, -0.25) is 4.79 Å². The van der Waals surface area contributed by atoms with Crippen molar-refractivity contribution in [3.63, 3.8) is 0 Å². The van der Waals surface area contributed by atoms with Crippen molar-refractivity contribution in [1.82, 2.24) is 0 Å². The van der Waals surface area contributed by atoms with Crippen LogP contribution in [0.5, 0.6) is 0 Å². The molecule has 0 aliphatic carbocycles. The smallest absolute Gasteiger partial charge is 0.164 e. The molecule has 0 aliphatic rings. The lowest BCUT2D eigenvalue weighted by atomic mass is 10.2. The molecule has 0 fully saturated rings. The topological polar surface area (TPSA) is 41.1 Å². The van der Waals surface area contributed by atoms with Gasteiger partial charge in [-0.05, 0) is 31.2 Å². The Balaban J connectivity index is 2.11. The van der Waals surface area contributed by atoms with Gasteiger partial charge in [-0.2, -0.15) is 0 Å². The summed E-state index contributed by atoms with van der Waals surface area (Å²) in [5, 5.41) is 6.14. The summed E-state index contributed by atoms with van der Waals surface area (Å²) in [5.74, 6) is -0.0909. The molecule has 0 saturated heterocycles. The van der Waals surface area contributed by atoms with Gasteiger partial charge in [0.15, 0.2) is 5.78 Å². The number of carbonyl (C=O) groups is 1. The van der Waals surface area contributed by atoms with Crippen LogP contribution >= 0.6 is 12.2 Å². The zero-order chi connectivity index (χ0) is 15.1. The monoisotopic (exact) mass is 296 g/mol. The normalized spacial score (nSPS) is 10.8. The van der Waals surface area contributed by atoms with Gasteiger partial charge in [-0.25, -0.2) is 0 Å². The summed E-state index contributed by atoms with van der Waals surface area (Å²) in [7, 11) is 0. The zero-order valence-electron chi connectivity index (χ0n) is 11.7. The molecule has 2 aromatic rings. The summed E-state index contributed by atoms with van der Waals surface area (Å²) < 4.78 is 0. The van der Waals surface area contributed by atoms with Gasteiger partial charge in [0.25, 0.3) is 0 Å². The molecule has 0 aliphatic heterocycles. The van der Waals surface area contributed by atoms with Crippen molar-refractivity contribution in [2.24, 2.45) is 0 Å². The molecule has 0 atom stereocenters. The Labute approximate surface area is 129 Å². The highest BCUT2D eigenvalue weighted by Crippen LogP contribution is 2.11. The number of ketones is 1. The molecule has 3 nitrogen and oxygen atoms in total. The van der Waals surface area contributed by atoms with Gasteiger partial charge in [0.05, 0.1) is 5.57 Å². The lowest BCUT2D eigenvalue weighted by molar-refractivity contribution is -0.113. The maximum absolute atomic E-state index is 11.8. The molecule has 0 bridgehead atoms. The highest BCUT2D eigenvalue weighted by atomic mass is 32.1. The second-order valence-electron chi connectivity index (χ2n) is 4.44. The Morgan fingerprint density at radius 3 is 2.00 bits per heavy atom. The van der Waals surface area contributed by atoms with E-state index in [1.54, 1.807) is 6.20 Å². The van der Waals surface area contributed by atoms with E-state index in [1.165, 1.54) is 6.92 Å². The van der Waals surface area contributed by atoms with Gasteiger partial charge in [-0.15, -0.1) is 0 Å². The predicted octanol–water partition coefficient (Wildman–Crippen LogP) is 4.01. The third-order valence-corrected chi connectivity index (χ3v) is 3.13. The number of para-hydroxylation sites is 2. The minimum absolute atomic E-state index is 0.0909. The van der Waals surface area contributed by atoms with Gasteiger partial charge in [0.2, 0.25) is 0 Å². The number of benzene rings is 2. The van der Waals surface area contributed by atoms with Crippen molar-refractivity contribution >= 4 is 34.4 Å². The highest BCUT2D eigenvalue weighted by Gasteiger charge is 2.10. The Morgan fingerprint density at radius 2 is 1.48 bits per heavy atom. The van der Waals surface area contributed by atoms with Crippen LogP contribution in [0.2, 0.25) is 0 Å². The Hall–Kier alpha value is -2.46. The number of Topliss-reactive ketones (excluding diaryl/α,β-unsaturated/α-hetero) is 1. The highest BCUT2D eigenvalue weighted by molar-refractivity contribution is 7.81. The van der Waals surface area contributed by atoms with Crippen LogP contribution in [-0.2, 0) is 4.79 Å². The summed E-state index contributed by atoms with van der Waals surface area (Å²) in [4.78, 5) is 12.2. The fourth-order valence-electron chi connectivity index (χ4n) is 1.74. The van der Waals surface area contributed by atoms with E-state index in [9.17, 15) is 4.79 Å². The van der Waals surface area contributed by atoms with Gasteiger partial charge in [0, 0.05) is 17.6 Å². The number of thiocarbonyl (C=S) groups is 1. The second kappa shape index (κ2) is 7.36. The van der Waals surface area contributed by atoms with Crippen LogP contribution in [-0.4, -0.2) is 10.8 Å². The number of anilines is 2. The van der Waals surface area contributed by atoms with Crippen molar-refractivity contribution in [2.75, 3.05) is 10.6 Å². The van der Waals surface area contributed by atoms with Crippen LogP contribution in [0.4, 0.5) is 11.4 Å². The molecule has 106 valence electrons. The maximum atomic E-state index is 11.8. The van der Waals surface area contributed by atoms with Gasteiger partial charge in [0.1, 0.15) is 4.99 Å². The third-order valence-electron chi connectivity index (χ3n) is 2.81. The predicted molar refractivity (Wildman–Crippen MR) is 91.5 cm³/mol. The van der Waals surface area contributed by atoms with Crippen LogP contribution in [0, 0.1) is 0 Å². The molecule has 2 rings (SSSR count). The Bertz CT molecular complexity index is 651. The van der Waals surface area contributed by atoms with Crippen molar-refractivity contribution < 1.29 is 4.79 Å². The lowest BCUT2D eigenvalue weighted by Crippen LogP contribution is -2.18. The zero-order valence-corrected chi connectivity index (χ0v) is 12.5. The van der Waals surface area contributed by atoms with Gasteiger partial charge >= 0.3 is 0 Å². The van der Waals surface area contributed by atoms with Crippen LogP contribution in [0.15, 0.2) is 72.4 Å². The second-order valence-corrected chi connectivity index (χ2v) is 4.85. The molecule has 0 amide bonds. The molecule has 0 unspecified atom stereocenters. The number of hydrogen-bond donors (Lipinski definition) is 2. The van der Waals surface area contributed by atoms with E-state index >= 15 is 0 Å². The first-order chi connectivity index (χ1) is 10.2. The van der Waals surface area contributed by atoms with E-state index < -0.39 is 0 Å². The van der Waals surface area contributed by atoms with Crippen molar-refractivity contribution in [3.05, 3.63) is 72.4 Å².